The average molecular weight is 265 g/mol. The van der Waals surface area contributed by atoms with Gasteiger partial charge in [0.15, 0.2) is 0 Å². The van der Waals surface area contributed by atoms with Gasteiger partial charge in [0, 0.05) is 10.8 Å². The summed E-state index contributed by atoms with van der Waals surface area (Å²) >= 11 is 0. The van der Waals surface area contributed by atoms with E-state index in [-0.39, 0.29) is 16.2 Å². The van der Waals surface area contributed by atoms with E-state index in [9.17, 15) is 5.26 Å². The third kappa shape index (κ3) is 0.833. The molecule has 1 saturated carbocycles. The molecular weight excluding hydrogens is 246 g/mol. The molecule has 0 aromatic heterocycles. The first kappa shape index (κ1) is 12.2. The quantitative estimate of drug-likeness (QED) is 0.719. The molecule has 102 valence electrons. The molecular formula is C18H19NO. The second-order valence-corrected chi connectivity index (χ2v) is 7.20. The highest BCUT2D eigenvalue weighted by atomic mass is 16.5. The molecule has 1 spiro atoms. The van der Waals surface area contributed by atoms with Crippen molar-refractivity contribution < 1.29 is 4.74 Å². The first-order valence-corrected chi connectivity index (χ1v) is 7.25. The predicted molar refractivity (Wildman–Crippen MR) is 77.9 cm³/mol. The van der Waals surface area contributed by atoms with Crippen molar-refractivity contribution in [2.45, 2.75) is 26.2 Å². The largest absolute Gasteiger partial charge is 0.380 e. The zero-order valence-corrected chi connectivity index (χ0v) is 12.2. The van der Waals surface area contributed by atoms with Crippen LogP contribution in [0.25, 0.3) is 6.08 Å². The van der Waals surface area contributed by atoms with Crippen molar-refractivity contribution in [2.75, 3.05) is 13.2 Å². The third-order valence-corrected chi connectivity index (χ3v) is 6.77. The Kier molecular flexibility index (Phi) is 1.93. The van der Waals surface area contributed by atoms with Crippen LogP contribution in [0.3, 0.4) is 0 Å². The van der Waals surface area contributed by atoms with Gasteiger partial charge in [-0.1, -0.05) is 57.2 Å². The van der Waals surface area contributed by atoms with Crippen LogP contribution in [-0.2, 0) is 10.2 Å². The fourth-order valence-electron chi connectivity index (χ4n) is 5.32. The summed E-state index contributed by atoms with van der Waals surface area (Å²) in [6.45, 7) is 8.16. The normalized spacial score (nSPS) is 42.9. The summed E-state index contributed by atoms with van der Waals surface area (Å²) in [5.41, 5.74) is 1.63. The number of benzene rings is 1. The van der Waals surface area contributed by atoms with E-state index >= 15 is 0 Å². The van der Waals surface area contributed by atoms with Gasteiger partial charge in [-0.25, -0.2) is 0 Å². The van der Waals surface area contributed by atoms with Crippen LogP contribution >= 0.6 is 0 Å². The highest BCUT2D eigenvalue weighted by Crippen LogP contribution is 2.82. The van der Waals surface area contributed by atoms with E-state index < -0.39 is 5.41 Å². The monoisotopic (exact) mass is 265 g/mol. The van der Waals surface area contributed by atoms with Gasteiger partial charge in [0.05, 0.1) is 19.3 Å². The van der Waals surface area contributed by atoms with E-state index in [2.05, 4.69) is 51.1 Å². The summed E-state index contributed by atoms with van der Waals surface area (Å²) in [5.74, 6) is 0. The van der Waals surface area contributed by atoms with Gasteiger partial charge in [-0.2, -0.15) is 5.26 Å². The third-order valence-electron chi connectivity index (χ3n) is 6.77. The minimum absolute atomic E-state index is 0.0275. The molecule has 20 heavy (non-hydrogen) atoms. The summed E-state index contributed by atoms with van der Waals surface area (Å²) in [6, 6.07) is 11.1. The Hall–Kier alpha value is -1.59. The maximum Gasteiger partial charge on any atom is 0.100 e. The molecule has 2 fully saturated rings. The van der Waals surface area contributed by atoms with Crippen molar-refractivity contribution >= 4 is 6.08 Å². The molecule has 1 saturated heterocycles. The number of hydrogen-bond donors (Lipinski definition) is 0. The van der Waals surface area contributed by atoms with E-state index in [0.29, 0.717) is 6.61 Å². The Labute approximate surface area is 120 Å². The number of nitriles is 1. The molecule has 0 bridgehead atoms. The molecule has 3 atom stereocenters. The van der Waals surface area contributed by atoms with Crippen molar-refractivity contribution in [1.29, 1.82) is 5.26 Å². The zero-order chi connectivity index (χ0) is 14.2. The Bertz CT molecular complexity index is 683. The summed E-state index contributed by atoms with van der Waals surface area (Å²) in [7, 11) is 0. The molecule has 0 unspecified atom stereocenters. The summed E-state index contributed by atoms with van der Waals surface area (Å²) in [6.07, 6.45) is 4.45. The number of rotatable bonds is 0. The standard InChI is InChI=1S/C18H19NO/c1-15(2)16(3)11-20-12-17(16)9-8-13-6-4-5-7-14(13)18(15,17)10-19/h4-9H,11-12H2,1-3H3/t16-,17-,18-/m0/s1. The minimum Gasteiger partial charge on any atom is -0.380 e. The minimum atomic E-state index is -0.476. The van der Waals surface area contributed by atoms with Gasteiger partial charge in [0.1, 0.15) is 5.41 Å². The van der Waals surface area contributed by atoms with Gasteiger partial charge in [-0.15, -0.1) is 0 Å². The number of nitrogens with zero attached hydrogens (tertiary/aromatic N) is 1. The smallest absolute Gasteiger partial charge is 0.100 e. The van der Waals surface area contributed by atoms with Crippen LogP contribution in [0.5, 0.6) is 0 Å². The lowest BCUT2D eigenvalue weighted by Crippen LogP contribution is -2.77. The number of fused-ring (bicyclic) bond motifs is 2. The summed E-state index contributed by atoms with van der Waals surface area (Å²) < 4.78 is 5.87. The van der Waals surface area contributed by atoms with E-state index in [1.54, 1.807) is 0 Å². The molecule has 0 N–H and O–H groups in total. The fraction of sp³-hybridized carbons (Fsp3) is 0.500. The van der Waals surface area contributed by atoms with Crippen molar-refractivity contribution in [3.05, 3.63) is 41.5 Å². The molecule has 1 aliphatic heterocycles. The first-order chi connectivity index (χ1) is 9.47. The highest BCUT2D eigenvalue weighted by molar-refractivity contribution is 5.69. The lowest BCUT2D eigenvalue weighted by molar-refractivity contribution is -0.195. The molecule has 0 amide bonds. The van der Waals surface area contributed by atoms with Crippen molar-refractivity contribution in [3.8, 4) is 6.07 Å². The first-order valence-electron chi connectivity index (χ1n) is 7.25. The molecule has 2 aliphatic carbocycles. The Morgan fingerprint density at radius 2 is 1.90 bits per heavy atom. The van der Waals surface area contributed by atoms with Gasteiger partial charge < -0.3 is 4.74 Å². The van der Waals surface area contributed by atoms with E-state index in [0.717, 1.165) is 6.61 Å². The number of hydrogen-bond acceptors (Lipinski definition) is 2. The van der Waals surface area contributed by atoms with Crippen LogP contribution in [-0.4, -0.2) is 13.2 Å². The summed E-state index contributed by atoms with van der Waals surface area (Å²) in [4.78, 5) is 0. The molecule has 4 rings (SSSR count). The SMILES string of the molecule is CC1(C)[C@]2(C)COC[C@@]23C=Cc2ccccc2[C@@]13C#N. The molecule has 3 aliphatic rings. The van der Waals surface area contributed by atoms with Crippen molar-refractivity contribution in [3.63, 3.8) is 0 Å². The Morgan fingerprint density at radius 1 is 1.15 bits per heavy atom. The van der Waals surface area contributed by atoms with E-state index in [1.165, 1.54) is 11.1 Å². The molecule has 0 radical (unpaired) electrons. The van der Waals surface area contributed by atoms with Gasteiger partial charge in [-0.3, -0.25) is 0 Å². The maximum atomic E-state index is 10.2. The maximum absolute atomic E-state index is 10.2. The van der Waals surface area contributed by atoms with Crippen LogP contribution in [0.1, 0.15) is 31.9 Å². The Balaban J connectivity index is 2.10. The van der Waals surface area contributed by atoms with Gasteiger partial charge in [0.25, 0.3) is 0 Å². The van der Waals surface area contributed by atoms with Crippen LogP contribution in [0.2, 0.25) is 0 Å². The van der Waals surface area contributed by atoms with Crippen LogP contribution in [0, 0.1) is 27.6 Å². The highest BCUT2D eigenvalue weighted by Gasteiger charge is 2.84. The van der Waals surface area contributed by atoms with E-state index in [4.69, 9.17) is 4.74 Å². The van der Waals surface area contributed by atoms with Gasteiger partial charge in [-0.05, 0) is 16.5 Å². The molecule has 1 aromatic rings. The lowest BCUT2D eigenvalue weighted by Gasteiger charge is -2.74. The van der Waals surface area contributed by atoms with Gasteiger partial charge >= 0.3 is 0 Å². The lowest BCUT2D eigenvalue weighted by atomic mass is 9.25. The topological polar surface area (TPSA) is 33.0 Å². The molecule has 1 aromatic carbocycles. The number of ether oxygens (including phenoxy) is 1. The second-order valence-electron chi connectivity index (χ2n) is 7.20. The summed E-state index contributed by atoms with van der Waals surface area (Å²) in [5, 5.41) is 10.2. The molecule has 2 nitrogen and oxygen atoms in total. The van der Waals surface area contributed by atoms with Crippen LogP contribution in [0.4, 0.5) is 0 Å². The fourth-order valence-corrected chi connectivity index (χ4v) is 5.32. The van der Waals surface area contributed by atoms with Crippen LogP contribution in [0.15, 0.2) is 30.3 Å². The molecule has 1 heterocycles. The zero-order valence-electron chi connectivity index (χ0n) is 12.2. The Morgan fingerprint density at radius 3 is 2.65 bits per heavy atom. The van der Waals surface area contributed by atoms with Crippen molar-refractivity contribution in [2.24, 2.45) is 16.2 Å². The molecule has 2 heteroatoms. The van der Waals surface area contributed by atoms with Gasteiger partial charge in [0.2, 0.25) is 0 Å². The van der Waals surface area contributed by atoms with Crippen molar-refractivity contribution in [1.82, 2.24) is 0 Å². The van der Waals surface area contributed by atoms with Crippen LogP contribution < -0.4 is 0 Å². The average Bonchev–Trinajstić information content (AvgIpc) is 2.75. The predicted octanol–water partition coefficient (Wildman–Crippen LogP) is 3.54. The van der Waals surface area contributed by atoms with E-state index in [1.807, 2.05) is 12.1 Å². The second kappa shape index (κ2) is 3.18.